The van der Waals surface area contributed by atoms with Crippen molar-refractivity contribution in [3.8, 4) is 11.5 Å². The molecule has 0 spiro atoms. The second-order valence-corrected chi connectivity index (χ2v) is 5.17. The third-order valence-corrected chi connectivity index (χ3v) is 3.21. The van der Waals surface area contributed by atoms with Gasteiger partial charge < -0.3 is 8.94 Å². The zero-order valence-corrected chi connectivity index (χ0v) is 12.6. The average Bonchev–Trinajstić information content (AvgIpc) is 3.08. The van der Waals surface area contributed by atoms with E-state index in [4.69, 9.17) is 32.1 Å². The van der Waals surface area contributed by atoms with Crippen LogP contribution in [-0.4, -0.2) is 21.3 Å². The van der Waals surface area contributed by atoms with Gasteiger partial charge in [-0.25, -0.2) is 0 Å². The predicted molar refractivity (Wildman–Crippen MR) is 78.9 cm³/mol. The number of carbonyl (C=O) groups excluding carboxylic acids is 1. The molecular formula is C13H8Cl2N4O3. The van der Waals surface area contributed by atoms with Crippen LogP contribution in [0.15, 0.2) is 33.2 Å². The molecule has 0 atom stereocenters. The Morgan fingerprint density at radius 1 is 1.23 bits per heavy atom. The lowest BCUT2D eigenvalue weighted by Crippen LogP contribution is -2.11. The lowest BCUT2D eigenvalue weighted by molar-refractivity contribution is 0.0985. The van der Waals surface area contributed by atoms with Crippen LogP contribution in [0.4, 0.5) is 6.01 Å². The molecule has 0 aliphatic heterocycles. The third-order valence-electron chi connectivity index (χ3n) is 2.66. The number of halogens is 2. The second-order valence-electron chi connectivity index (χ2n) is 4.32. The van der Waals surface area contributed by atoms with Gasteiger partial charge in [-0.3, -0.25) is 10.1 Å². The van der Waals surface area contributed by atoms with E-state index in [9.17, 15) is 4.79 Å². The smallest absolute Gasteiger partial charge is 0.322 e. The Kier molecular flexibility index (Phi) is 3.82. The zero-order valence-electron chi connectivity index (χ0n) is 11.1. The van der Waals surface area contributed by atoms with Crippen molar-refractivity contribution in [3.63, 3.8) is 0 Å². The summed E-state index contributed by atoms with van der Waals surface area (Å²) >= 11 is 11.9. The van der Waals surface area contributed by atoms with Crippen LogP contribution in [0.1, 0.15) is 16.2 Å². The first kappa shape index (κ1) is 14.6. The normalized spacial score (nSPS) is 10.7. The summed E-state index contributed by atoms with van der Waals surface area (Å²) in [5.74, 6) is -0.342. The van der Waals surface area contributed by atoms with Crippen LogP contribution in [0.25, 0.3) is 11.5 Å². The first-order valence-corrected chi connectivity index (χ1v) is 6.82. The van der Waals surface area contributed by atoms with Crippen LogP contribution < -0.4 is 5.32 Å². The molecular weight excluding hydrogens is 331 g/mol. The van der Waals surface area contributed by atoms with Crippen molar-refractivity contribution in [2.45, 2.75) is 6.92 Å². The van der Waals surface area contributed by atoms with Gasteiger partial charge in [-0.2, -0.15) is 0 Å². The minimum atomic E-state index is -0.544. The first-order valence-electron chi connectivity index (χ1n) is 6.06. The van der Waals surface area contributed by atoms with Crippen LogP contribution in [-0.2, 0) is 0 Å². The van der Waals surface area contributed by atoms with E-state index in [1.54, 1.807) is 25.1 Å². The van der Waals surface area contributed by atoms with Crippen molar-refractivity contribution in [2.75, 3.05) is 5.32 Å². The van der Waals surface area contributed by atoms with Crippen LogP contribution in [0, 0.1) is 6.92 Å². The van der Waals surface area contributed by atoms with E-state index in [1.165, 1.54) is 6.07 Å². The van der Waals surface area contributed by atoms with Gasteiger partial charge in [0.15, 0.2) is 0 Å². The summed E-state index contributed by atoms with van der Waals surface area (Å²) in [6, 6.07) is 6.24. The molecule has 0 fully saturated rings. The van der Waals surface area contributed by atoms with Crippen molar-refractivity contribution in [1.29, 1.82) is 0 Å². The van der Waals surface area contributed by atoms with Gasteiger partial charge in [-0.15, -0.1) is 5.10 Å². The molecule has 0 saturated carbocycles. The van der Waals surface area contributed by atoms with E-state index in [2.05, 4.69) is 20.7 Å². The highest BCUT2D eigenvalue weighted by atomic mass is 35.5. The summed E-state index contributed by atoms with van der Waals surface area (Å²) in [6.45, 7) is 1.70. The first-order chi connectivity index (χ1) is 10.5. The van der Waals surface area contributed by atoms with Crippen molar-refractivity contribution in [2.24, 2.45) is 0 Å². The number of hydrogen-bond acceptors (Lipinski definition) is 6. The van der Waals surface area contributed by atoms with Gasteiger partial charge in [-0.1, -0.05) is 33.5 Å². The number of carbonyl (C=O) groups is 1. The van der Waals surface area contributed by atoms with E-state index >= 15 is 0 Å². The number of hydrogen-bond donors (Lipinski definition) is 1. The topological polar surface area (TPSA) is 94.1 Å². The van der Waals surface area contributed by atoms with Crippen LogP contribution in [0.5, 0.6) is 0 Å². The zero-order chi connectivity index (χ0) is 15.7. The number of benzene rings is 1. The fourth-order valence-corrected chi connectivity index (χ4v) is 2.16. The lowest BCUT2D eigenvalue weighted by atomic mass is 10.2. The van der Waals surface area contributed by atoms with Crippen molar-refractivity contribution in [1.82, 2.24) is 15.4 Å². The molecule has 1 amide bonds. The molecule has 0 aliphatic carbocycles. The van der Waals surface area contributed by atoms with Gasteiger partial charge >= 0.3 is 6.01 Å². The number of anilines is 1. The summed E-state index contributed by atoms with van der Waals surface area (Å²) in [6.07, 6.45) is 0. The number of nitrogens with one attached hydrogen (secondary N) is 1. The minimum absolute atomic E-state index is 0.0433. The molecule has 0 saturated heterocycles. The molecule has 112 valence electrons. The van der Waals surface area contributed by atoms with Crippen LogP contribution in [0.3, 0.4) is 0 Å². The molecule has 7 nitrogen and oxygen atoms in total. The third kappa shape index (κ3) is 2.95. The molecule has 0 aliphatic rings. The number of nitrogens with zero attached hydrogens (tertiary/aromatic N) is 3. The van der Waals surface area contributed by atoms with E-state index in [1.807, 2.05) is 0 Å². The summed E-state index contributed by atoms with van der Waals surface area (Å²) in [7, 11) is 0. The molecule has 1 aromatic carbocycles. The van der Waals surface area contributed by atoms with Gasteiger partial charge in [0.25, 0.3) is 11.8 Å². The molecule has 2 aromatic heterocycles. The maximum absolute atomic E-state index is 11.9. The van der Waals surface area contributed by atoms with Gasteiger partial charge in [0.1, 0.15) is 0 Å². The molecule has 2 heterocycles. The van der Waals surface area contributed by atoms with Crippen molar-refractivity contribution < 1.29 is 13.7 Å². The Bertz CT molecular complexity index is 843. The summed E-state index contributed by atoms with van der Waals surface area (Å²) in [5.41, 5.74) is 1.10. The molecule has 9 heteroatoms. The maximum atomic E-state index is 11.9. The highest BCUT2D eigenvalue weighted by Gasteiger charge is 2.17. The molecule has 22 heavy (non-hydrogen) atoms. The van der Waals surface area contributed by atoms with Gasteiger partial charge in [0, 0.05) is 11.1 Å². The molecule has 3 rings (SSSR count). The quantitative estimate of drug-likeness (QED) is 0.784. The molecule has 1 N–H and O–H groups in total. The van der Waals surface area contributed by atoms with Gasteiger partial charge in [0.2, 0.25) is 5.76 Å². The van der Waals surface area contributed by atoms with Crippen LogP contribution in [0.2, 0.25) is 10.0 Å². The minimum Gasteiger partial charge on any atom is -0.403 e. The second kappa shape index (κ2) is 5.78. The van der Waals surface area contributed by atoms with E-state index in [-0.39, 0.29) is 17.7 Å². The summed E-state index contributed by atoms with van der Waals surface area (Å²) < 4.78 is 10.2. The SMILES string of the molecule is Cc1cc(C(=O)Nc2nnc(-c3ccc(Cl)cc3Cl)o2)on1. The van der Waals surface area contributed by atoms with Crippen molar-refractivity contribution >= 4 is 35.1 Å². The fourth-order valence-electron chi connectivity index (χ4n) is 1.67. The van der Waals surface area contributed by atoms with E-state index in [0.717, 1.165) is 0 Å². The lowest BCUT2D eigenvalue weighted by Gasteiger charge is -1.99. The van der Waals surface area contributed by atoms with Crippen molar-refractivity contribution in [3.05, 3.63) is 45.8 Å². The Morgan fingerprint density at radius 2 is 2.05 bits per heavy atom. The highest BCUT2D eigenvalue weighted by Crippen LogP contribution is 2.30. The van der Waals surface area contributed by atoms with E-state index < -0.39 is 5.91 Å². The number of amides is 1. The Balaban J connectivity index is 1.80. The number of rotatable bonds is 3. The Morgan fingerprint density at radius 3 is 2.73 bits per heavy atom. The Labute approximate surface area is 134 Å². The molecule has 3 aromatic rings. The molecule has 0 unspecified atom stereocenters. The van der Waals surface area contributed by atoms with Gasteiger partial charge in [-0.05, 0) is 25.1 Å². The summed E-state index contributed by atoms with van der Waals surface area (Å²) in [4.78, 5) is 11.9. The monoisotopic (exact) mass is 338 g/mol. The largest absolute Gasteiger partial charge is 0.403 e. The Hall–Kier alpha value is -2.38. The predicted octanol–water partition coefficient (Wildman–Crippen LogP) is 3.59. The number of aryl methyl sites for hydroxylation is 1. The molecule has 0 radical (unpaired) electrons. The molecule has 0 bridgehead atoms. The summed E-state index contributed by atoms with van der Waals surface area (Å²) in [5, 5.41) is 14.4. The maximum Gasteiger partial charge on any atom is 0.322 e. The van der Waals surface area contributed by atoms with Gasteiger partial charge in [0.05, 0.1) is 16.3 Å². The van der Waals surface area contributed by atoms with Crippen LogP contribution >= 0.6 is 23.2 Å². The van der Waals surface area contributed by atoms with E-state index in [0.29, 0.717) is 21.3 Å². The fraction of sp³-hybridized carbons (Fsp3) is 0.0769. The average molecular weight is 339 g/mol. The number of aromatic nitrogens is 3. The standard InChI is InChI=1S/C13H8Cl2N4O3/c1-6-4-10(22-19-6)11(20)16-13-18-17-12(21-13)8-3-2-7(14)5-9(8)15/h2-5H,1H3,(H,16,18,20). The highest BCUT2D eigenvalue weighted by molar-refractivity contribution is 6.36.